The first-order valence-electron chi connectivity index (χ1n) is 7.85. The molecular weight excluding hydrogens is 316 g/mol. The molecule has 0 radical (unpaired) electrons. The highest BCUT2D eigenvalue weighted by Crippen LogP contribution is 2.24. The summed E-state index contributed by atoms with van der Waals surface area (Å²) in [6, 6.07) is 5.50. The minimum absolute atomic E-state index is 0. The van der Waals surface area contributed by atoms with E-state index < -0.39 is 0 Å². The van der Waals surface area contributed by atoms with Crippen molar-refractivity contribution >= 4 is 29.7 Å². The summed E-state index contributed by atoms with van der Waals surface area (Å²) in [7, 11) is 1.59. The molecule has 1 aliphatic heterocycles. The van der Waals surface area contributed by atoms with Crippen LogP contribution in [0, 0.1) is 0 Å². The smallest absolute Gasteiger partial charge is 0.221 e. The number of methoxy groups -OCH3 is 1. The number of benzene rings is 1. The van der Waals surface area contributed by atoms with Gasteiger partial charge in [0.1, 0.15) is 5.75 Å². The lowest BCUT2D eigenvalue weighted by Gasteiger charge is -2.15. The highest BCUT2D eigenvalue weighted by Gasteiger charge is 2.11. The molecule has 0 saturated carbocycles. The summed E-state index contributed by atoms with van der Waals surface area (Å²) in [6.45, 7) is 4.60. The molecule has 0 spiro atoms. The zero-order valence-corrected chi connectivity index (χ0v) is 14.5. The lowest BCUT2D eigenvalue weighted by atomic mass is 10.2. The molecule has 1 fully saturated rings. The highest BCUT2D eigenvalue weighted by molar-refractivity contribution is 5.85. The van der Waals surface area contributed by atoms with E-state index in [1.54, 1.807) is 13.2 Å². The molecular formula is C16H27ClN4O2. The van der Waals surface area contributed by atoms with Gasteiger partial charge >= 0.3 is 0 Å². The number of anilines is 2. The van der Waals surface area contributed by atoms with Crippen LogP contribution in [0.5, 0.6) is 5.75 Å². The van der Waals surface area contributed by atoms with Crippen LogP contribution in [-0.4, -0.2) is 50.6 Å². The normalized spacial score (nSPS) is 14.1. The fraction of sp³-hybridized carbons (Fsp3) is 0.562. The number of nitrogens with two attached hydrogens (primary N) is 1. The largest absolute Gasteiger partial charge is 0.495 e. The van der Waals surface area contributed by atoms with E-state index in [9.17, 15) is 4.79 Å². The molecule has 1 aromatic rings. The lowest BCUT2D eigenvalue weighted by molar-refractivity contribution is -0.120. The summed E-state index contributed by atoms with van der Waals surface area (Å²) in [4.78, 5) is 14.2. The summed E-state index contributed by atoms with van der Waals surface area (Å²) >= 11 is 0. The molecule has 0 bridgehead atoms. The van der Waals surface area contributed by atoms with Crippen molar-refractivity contribution < 1.29 is 9.53 Å². The third-order valence-electron chi connectivity index (χ3n) is 3.86. The van der Waals surface area contributed by atoms with Crippen molar-refractivity contribution in [3.05, 3.63) is 18.2 Å². The molecule has 0 aliphatic carbocycles. The van der Waals surface area contributed by atoms with Crippen LogP contribution in [0.4, 0.5) is 11.4 Å². The van der Waals surface area contributed by atoms with Crippen molar-refractivity contribution in [3.8, 4) is 5.75 Å². The molecule has 23 heavy (non-hydrogen) atoms. The average molecular weight is 343 g/mol. The SMILES string of the molecule is COc1cc(NCCC(=O)NCCN2CCCC2)ccc1N.Cl. The molecule has 0 atom stereocenters. The number of halogens is 1. The molecule has 1 amide bonds. The average Bonchev–Trinajstić information content (AvgIpc) is 3.02. The van der Waals surface area contributed by atoms with Crippen LogP contribution < -0.4 is 21.1 Å². The molecule has 0 aromatic heterocycles. The minimum Gasteiger partial charge on any atom is -0.495 e. The van der Waals surface area contributed by atoms with E-state index in [1.807, 2.05) is 12.1 Å². The maximum atomic E-state index is 11.8. The Morgan fingerprint density at radius 3 is 2.74 bits per heavy atom. The number of nitrogen functional groups attached to an aromatic ring is 1. The second-order valence-corrected chi connectivity index (χ2v) is 5.53. The van der Waals surface area contributed by atoms with Gasteiger partial charge in [-0.15, -0.1) is 12.4 Å². The Bertz CT molecular complexity index is 493. The lowest BCUT2D eigenvalue weighted by Crippen LogP contribution is -2.34. The zero-order valence-electron chi connectivity index (χ0n) is 13.6. The summed E-state index contributed by atoms with van der Waals surface area (Å²) < 4.78 is 5.17. The van der Waals surface area contributed by atoms with Crippen LogP contribution in [-0.2, 0) is 4.79 Å². The molecule has 1 aliphatic rings. The summed E-state index contributed by atoms with van der Waals surface area (Å²) in [6.07, 6.45) is 3.01. The van der Waals surface area contributed by atoms with Crippen molar-refractivity contribution in [2.24, 2.45) is 0 Å². The Kier molecular flexibility index (Phi) is 8.58. The van der Waals surface area contributed by atoms with Crippen LogP contribution >= 0.6 is 12.4 Å². The van der Waals surface area contributed by atoms with E-state index in [2.05, 4.69) is 15.5 Å². The van der Waals surface area contributed by atoms with Gasteiger partial charge in [0, 0.05) is 37.8 Å². The quantitative estimate of drug-likeness (QED) is 0.627. The first-order chi connectivity index (χ1) is 10.7. The van der Waals surface area contributed by atoms with Crippen molar-refractivity contribution in [2.45, 2.75) is 19.3 Å². The van der Waals surface area contributed by atoms with Crippen LogP contribution in [0.2, 0.25) is 0 Å². The van der Waals surface area contributed by atoms with Gasteiger partial charge in [0.05, 0.1) is 12.8 Å². The van der Waals surface area contributed by atoms with Crippen molar-refractivity contribution in [1.82, 2.24) is 10.2 Å². The standard InChI is InChI=1S/C16H26N4O2.ClH/c1-22-15-12-13(4-5-14(15)17)18-7-6-16(21)19-8-11-20-9-2-3-10-20;/h4-5,12,18H,2-3,6-11,17H2,1H3,(H,19,21);1H. The minimum atomic E-state index is 0. The molecule has 130 valence electrons. The molecule has 4 N–H and O–H groups in total. The van der Waals surface area contributed by atoms with Crippen molar-refractivity contribution in [3.63, 3.8) is 0 Å². The Morgan fingerprint density at radius 1 is 1.30 bits per heavy atom. The van der Waals surface area contributed by atoms with Crippen LogP contribution in [0.15, 0.2) is 18.2 Å². The molecule has 1 aromatic carbocycles. The van der Waals surface area contributed by atoms with E-state index in [0.717, 1.165) is 31.9 Å². The number of hydrogen-bond acceptors (Lipinski definition) is 5. The maximum absolute atomic E-state index is 11.8. The second kappa shape index (κ2) is 10.2. The van der Waals surface area contributed by atoms with Crippen LogP contribution in [0.25, 0.3) is 0 Å². The van der Waals surface area contributed by atoms with Gasteiger partial charge in [0.15, 0.2) is 0 Å². The van der Waals surface area contributed by atoms with Crippen LogP contribution in [0.1, 0.15) is 19.3 Å². The number of nitrogens with one attached hydrogen (secondary N) is 2. The number of carbonyl (C=O) groups excluding carboxylic acids is 1. The molecule has 6 nitrogen and oxygen atoms in total. The van der Waals surface area contributed by atoms with E-state index in [4.69, 9.17) is 10.5 Å². The monoisotopic (exact) mass is 342 g/mol. The van der Waals surface area contributed by atoms with Crippen LogP contribution in [0.3, 0.4) is 0 Å². The molecule has 1 saturated heterocycles. The fourth-order valence-corrected chi connectivity index (χ4v) is 2.59. The van der Waals surface area contributed by atoms with Gasteiger partial charge in [0.25, 0.3) is 0 Å². The summed E-state index contributed by atoms with van der Waals surface area (Å²) in [5, 5.41) is 6.16. The third kappa shape index (κ3) is 6.54. The van der Waals surface area contributed by atoms with Gasteiger partial charge in [-0.2, -0.15) is 0 Å². The summed E-state index contributed by atoms with van der Waals surface area (Å²) in [5.41, 5.74) is 7.27. The van der Waals surface area contributed by atoms with E-state index in [0.29, 0.717) is 24.4 Å². The zero-order chi connectivity index (χ0) is 15.8. The molecule has 7 heteroatoms. The van der Waals surface area contributed by atoms with E-state index in [1.165, 1.54) is 12.8 Å². The van der Waals surface area contributed by atoms with Crippen molar-refractivity contribution in [1.29, 1.82) is 0 Å². The predicted octanol–water partition coefficient (Wildman–Crippen LogP) is 1.71. The number of hydrogen-bond donors (Lipinski definition) is 3. The summed E-state index contributed by atoms with van der Waals surface area (Å²) in [5.74, 6) is 0.717. The second-order valence-electron chi connectivity index (χ2n) is 5.53. The topological polar surface area (TPSA) is 79.6 Å². The molecule has 0 unspecified atom stereocenters. The van der Waals surface area contributed by atoms with E-state index in [-0.39, 0.29) is 18.3 Å². The third-order valence-corrected chi connectivity index (χ3v) is 3.86. The van der Waals surface area contributed by atoms with Gasteiger partial charge in [-0.1, -0.05) is 0 Å². The Hall–Kier alpha value is -1.66. The fourth-order valence-electron chi connectivity index (χ4n) is 2.59. The Balaban J connectivity index is 0.00000264. The first kappa shape index (κ1) is 19.4. The molecule has 2 rings (SSSR count). The predicted molar refractivity (Wildman–Crippen MR) is 96.4 cm³/mol. The van der Waals surface area contributed by atoms with Gasteiger partial charge in [-0.3, -0.25) is 4.79 Å². The number of nitrogens with zero attached hydrogens (tertiary/aromatic N) is 1. The number of amides is 1. The van der Waals surface area contributed by atoms with E-state index >= 15 is 0 Å². The number of rotatable bonds is 8. The first-order valence-corrected chi connectivity index (χ1v) is 7.85. The number of carbonyl (C=O) groups is 1. The van der Waals surface area contributed by atoms with Gasteiger partial charge in [-0.25, -0.2) is 0 Å². The molecule has 1 heterocycles. The maximum Gasteiger partial charge on any atom is 0.221 e. The van der Waals surface area contributed by atoms with Crippen molar-refractivity contribution in [2.75, 3.05) is 50.9 Å². The van der Waals surface area contributed by atoms with Gasteiger partial charge < -0.3 is 26.0 Å². The number of likely N-dealkylation sites (tertiary alicyclic amines) is 1. The highest BCUT2D eigenvalue weighted by atomic mass is 35.5. The number of ether oxygens (including phenoxy) is 1. The Morgan fingerprint density at radius 2 is 2.04 bits per heavy atom. The van der Waals surface area contributed by atoms with Gasteiger partial charge in [0.2, 0.25) is 5.91 Å². The van der Waals surface area contributed by atoms with Gasteiger partial charge in [-0.05, 0) is 38.1 Å². The Labute approximate surface area is 144 Å².